The predicted molar refractivity (Wildman–Crippen MR) is 70.1 cm³/mol. The minimum absolute atomic E-state index is 0.141. The Morgan fingerprint density at radius 2 is 2.00 bits per heavy atom. The van der Waals surface area contributed by atoms with Gasteiger partial charge in [-0.2, -0.15) is 0 Å². The summed E-state index contributed by atoms with van der Waals surface area (Å²) in [6, 6.07) is 0.141. The summed E-state index contributed by atoms with van der Waals surface area (Å²) in [4.78, 5) is 0. The largest absolute Gasteiger partial charge is 0.409 e. The van der Waals surface area contributed by atoms with Crippen molar-refractivity contribution in [3.05, 3.63) is 0 Å². The average molecular weight is 245 g/mol. The summed E-state index contributed by atoms with van der Waals surface area (Å²) in [6.07, 6.45) is 1.76. The molecule has 0 aromatic carbocycles. The molecule has 0 saturated heterocycles. The Kier molecular flexibility index (Phi) is 7.15. The SMILES string of the molecule is CC(C)C(CO)NCCCC(C)(C)C(N)=NO. The zero-order chi connectivity index (χ0) is 13.5. The zero-order valence-corrected chi connectivity index (χ0v) is 11.4. The van der Waals surface area contributed by atoms with Crippen molar-refractivity contribution >= 4 is 5.84 Å². The fourth-order valence-corrected chi connectivity index (χ4v) is 1.59. The van der Waals surface area contributed by atoms with Gasteiger partial charge < -0.3 is 21.4 Å². The average Bonchev–Trinajstić information content (AvgIpc) is 2.27. The van der Waals surface area contributed by atoms with Crippen LogP contribution < -0.4 is 11.1 Å². The summed E-state index contributed by atoms with van der Waals surface area (Å²) in [5.74, 6) is 0.678. The lowest BCUT2D eigenvalue weighted by atomic mass is 9.86. The first kappa shape index (κ1) is 16.2. The fraction of sp³-hybridized carbons (Fsp3) is 0.917. The highest BCUT2D eigenvalue weighted by Gasteiger charge is 2.23. The molecule has 1 unspecified atom stereocenters. The van der Waals surface area contributed by atoms with Crippen molar-refractivity contribution in [1.29, 1.82) is 0 Å². The smallest absolute Gasteiger partial charge is 0.144 e. The Morgan fingerprint density at radius 1 is 1.41 bits per heavy atom. The Hall–Kier alpha value is -0.810. The monoisotopic (exact) mass is 245 g/mol. The topological polar surface area (TPSA) is 90.9 Å². The van der Waals surface area contributed by atoms with E-state index in [1.54, 1.807) is 0 Å². The lowest BCUT2D eigenvalue weighted by Gasteiger charge is -2.24. The van der Waals surface area contributed by atoms with E-state index in [0.717, 1.165) is 19.4 Å². The number of hydrogen-bond acceptors (Lipinski definition) is 4. The summed E-state index contributed by atoms with van der Waals surface area (Å²) >= 11 is 0. The third kappa shape index (κ3) is 5.89. The lowest BCUT2D eigenvalue weighted by molar-refractivity contribution is 0.209. The number of nitrogens with zero attached hydrogens (tertiary/aromatic N) is 1. The van der Waals surface area contributed by atoms with Gasteiger partial charge in [0.1, 0.15) is 5.84 Å². The standard InChI is InChI=1S/C12H27N3O2/c1-9(2)10(8-16)14-7-5-6-12(3,4)11(13)15-17/h9-10,14,16-17H,5-8H2,1-4H3,(H2,13,15). The van der Waals surface area contributed by atoms with Gasteiger partial charge >= 0.3 is 0 Å². The van der Waals surface area contributed by atoms with E-state index < -0.39 is 0 Å². The van der Waals surface area contributed by atoms with Crippen molar-refractivity contribution in [1.82, 2.24) is 5.32 Å². The molecule has 0 aliphatic rings. The van der Waals surface area contributed by atoms with Crippen LogP contribution in [0.3, 0.4) is 0 Å². The van der Waals surface area contributed by atoms with Crippen LogP contribution in [0.15, 0.2) is 5.16 Å². The number of aliphatic hydroxyl groups is 1. The maximum absolute atomic E-state index is 9.15. The van der Waals surface area contributed by atoms with Crippen LogP contribution in [0.2, 0.25) is 0 Å². The minimum Gasteiger partial charge on any atom is -0.409 e. The van der Waals surface area contributed by atoms with E-state index >= 15 is 0 Å². The van der Waals surface area contributed by atoms with E-state index in [0.29, 0.717) is 5.92 Å². The highest BCUT2D eigenvalue weighted by atomic mass is 16.4. The molecule has 0 saturated carbocycles. The summed E-state index contributed by atoms with van der Waals surface area (Å²) in [5, 5.41) is 24.1. The van der Waals surface area contributed by atoms with Crippen LogP contribution in [-0.2, 0) is 0 Å². The molecular weight excluding hydrogens is 218 g/mol. The van der Waals surface area contributed by atoms with Gasteiger partial charge in [-0.05, 0) is 25.3 Å². The van der Waals surface area contributed by atoms with Crippen LogP contribution in [0, 0.1) is 11.3 Å². The third-order valence-corrected chi connectivity index (χ3v) is 3.19. The number of aliphatic hydroxyl groups excluding tert-OH is 1. The molecule has 5 heteroatoms. The molecule has 0 fully saturated rings. The second-order valence-electron chi connectivity index (χ2n) is 5.46. The Bertz CT molecular complexity index is 240. The van der Waals surface area contributed by atoms with Crippen LogP contribution in [0.4, 0.5) is 0 Å². The van der Waals surface area contributed by atoms with Crippen molar-refractivity contribution in [2.75, 3.05) is 13.2 Å². The number of amidine groups is 1. The number of nitrogens with two attached hydrogens (primary N) is 1. The van der Waals surface area contributed by atoms with Crippen LogP contribution >= 0.6 is 0 Å². The molecule has 102 valence electrons. The molecular formula is C12H27N3O2. The van der Waals surface area contributed by atoms with E-state index in [1.807, 2.05) is 13.8 Å². The minimum atomic E-state index is -0.289. The normalized spacial score (nSPS) is 15.3. The molecule has 0 aromatic heterocycles. The van der Waals surface area contributed by atoms with Crippen molar-refractivity contribution in [3.8, 4) is 0 Å². The fourth-order valence-electron chi connectivity index (χ4n) is 1.59. The molecule has 5 N–H and O–H groups in total. The van der Waals surface area contributed by atoms with Crippen LogP contribution in [-0.4, -0.2) is 35.3 Å². The molecule has 0 bridgehead atoms. The molecule has 5 nitrogen and oxygen atoms in total. The molecule has 17 heavy (non-hydrogen) atoms. The maximum Gasteiger partial charge on any atom is 0.144 e. The van der Waals surface area contributed by atoms with Gasteiger partial charge in [0, 0.05) is 11.5 Å². The second-order valence-corrected chi connectivity index (χ2v) is 5.46. The number of hydrogen-bond donors (Lipinski definition) is 4. The summed E-state index contributed by atoms with van der Waals surface area (Å²) in [7, 11) is 0. The van der Waals surface area contributed by atoms with Crippen LogP contribution in [0.25, 0.3) is 0 Å². The first-order valence-electron chi connectivity index (χ1n) is 6.17. The van der Waals surface area contributed by atoms with Gasteiger partial charge in [-0.1, -0.05) is 32.9 Å². The summed E-state index contributed by atoms with van der Waals surface area (Å²) in [5.41, 5.74) is 5.32. The highest BCUT2D eigenvalue weighted by Crippen LogP contribution is 2.21. The molecule has 0 aliphatic carbocycles. The summed E-state index contributed by atoms with van der Waals surface area (Å²) in [6.45, 7) is 9.04. The Labute approximate surface area is 104 Å². The molecule has 0 spiro atoms. The lowest BCUT2D eigenvalue weighted by Crippen LogP contribution is -2.38. The molecule has 0 aliphatic heterocycles. The van der Waals surface area contributed by atoms with Crippen molar-refractivity contribution in [2.45, 2.75) is 46.6 Å². The van der Waals surface area contributed by atoms with Crippen molar-refractivity contribution < 1.29 is 10.3 Å². The Balaban J connectivity index is 3.92. The molecule has 0 aromatic rings. The van der Waals surface area contributed by atoms with Gasteiger partial charge in [-0.15, -0.1) is 0 Å². The quantitative estimate of drug-likeness (QED) is 0.170. The maximum atomic E-state index is 9.15. The zero-order valence-electron chi connectivity index (χ0n) is 11.4. The van der Waals surface area contributed by atoms with Crippen LogP contribution in [0.1, 0.15) is 40.5 Å². The molecule has 0 amide bonds. The van der Waals surface area contributed by atoms with E-state index in [9.17, 15) is 0 Å². The molecule has 1 atom stereocenters. The van der Waals surface area contributed by atoms with Gasteiger partial charge in [0.05, 0.1) is 6.61 Å². The highest BCUT2D eigenvalue weighted by molar-refractivity contribution is 5.85. The predicted octanol–water partition coefficient (Wildman–Crippen LogP) is 1.15. The number of rotatable bonds is 8. The van der Waals surface area contributed by atoms with Crippen LogP contribution in [0.5, 0.6) is 0 Å². The first-order chi connectivity index (χ1) is 7.85. The van der Waals surface area contributed by atoms with E-state index in [4.69, 9.17) is 16.0 Å². The van der Waals surface area contributed by atoms with Crippen molar-refractivity contribution in [3.63, 3.8) is 0 Å². The Morgan fingerprint density at radius 3 is 2.41 bits per heavy atom. The van der Waals surface area contributed by atoms with Gasteiger partial charge in [0.2, 0.25) is 0 Å². The van der Waals surface area contributed by atoms with E-state index in [1.165, 1.54) is 0 Å². The van der Waals surface area contributed by atoms with Gasteiger partial charge in [0.25, 0.3) is 0 Å². The van der Waals surface area contributed by atoms with E-state index in [2.05, 4.69) is 24.3 Å². The number of oxime groups is 1. The number of nitrogens with one attached hydrogen (secondary N) is 1. The summed E-state index contributed by atoms with van der Waals surface area (Å²) < 4.78 is 0. The molecule has 0 radical (unpaired) electrons. The van der Waals surface area contributed by atoms with Gasteiger partial charge in [0.15, 0.2) is 0 Å². The second kappa shape index (κ2) is 7.50. The van der Waals surface area contributed by atoms with Crippen molar-refractivity contribution in [2.24, 2.45) is 22.2 Å². The molecule has 0 heterocycles. The molecule has 0 rings (SSSR count). The van der Waals surface area contributed by atoms with E-state index in [-0.39, 0.29) is 23.9 Å². The van der Waals surface area contributed by atoms with Gasteiger partial charge in [-0.3, -0.25) is 0 Å². The first-order valence-corrected chi connectivity index (χ1v) is 6.17. The third-order valence-electron chi connectivity index (χ3n) is 3.19. The van der Waals surface area contributed by atoms with Gasteiger partial charge in [-0.25, -0.2) is 0 Å².